The summed E-state index contributed by atoms with van der Waals surface area (Å²) >= 11 is 0. The van der Waals surface area contributed by atoms with Gasteiger partial charge >= 0.3 is 0 Å². The van der Waals surface area contributed by atoms with E-state index in [-0.39, 0.29) is 5.91 Å². The number of carbonyl (C=O) groups excluding carboxylic acids is 1. The minimum Gasteiger partial charge on any atom is -0.491 e. The molecular weight excluding hydrogens is 304 g/mol. The first-order valence-electron chi connectivity index (χ1n) is 8.45. The Kier molecular flexibility index (Phi) is 6.15. The fourth-order valence-electron chi connectivity index (χ4n) is 2.28. The molecule has 0 spiro atoms. The highest BCUT2D eigenvalue weighted by Crippen LogP contribution is 2.30. The van der Waals surface area contributed by atoms with E-state index in [1.165, 1.54) is 0 Å². The van der Waals surface area contributed by atoms with Crippen LogP contribution in [0.15, 0.2) is 30.5 Å². The first-order chi connectivity index (χ1) is 11.5. The number of ether oxygens (including phenoxy) is 2. The maximum Gasteiger partial charge on any atom is 0.256 e. The van der Waals surface area contributed by atoms with Crippen LogP contribution in [0.5, 0.6) is 5.75 Å². The van der Waals surface area contributed by atoms with Crippen molar-refractivity contribution in [3.63, 3.8) is 0 Å². The highest BCUT2D eigenvalue weighted by Gasteiger charge is 2.28. The predicted octanol–water partition coefficient (Wildman–Crippen LogP) is 4.17. The lowest BCUT2D eigenvalue weighted by Crippen LogP contribution is -2.40. The van der Waals surface area contributed by atoms with Gasteiger partial charge in [-0.25, -0.2) is 0 Å². The number of benzene rings is 1. The summed E-state index contributed by atoms with van der Waals surface area (Å²) < 4.78 is 11.4. The molecule has 1 aromatic heterocycles. The number of amides is 1. The first kappa shape index (κ1) is 18.2. The van der Waals surface area contributed by atoms with Crippen LogP contribution in [0.4, 0.5) is 5.69 Å². The molecule has 0 unspecified atom stereocenters. The second-order valence-corrected chi connectivity index (χ2v) is 6.17. The topological polar surface area (TPSA) is 60.5 Å². The third kappa shape index (κ3) is 4.23. The van der Waals surface area contributed by atoms with Crippen LogP contribution in [0.2, 0.25) is 0 Å². The van der Waals surface area contributed by atoms with Crippen LogP contribution in [0.25, 0.3) is 10.9 Å². The van der Waals surface area contributed by atoms with Crippen LogP contribution in [-0.4, -0.2) is 29.7 Å². The summed E-state index contributed by atoms with van der Waals surface area (Å²) in [6.07, 6.45) is 3.52. The van der Waals surface area contributed by atoms with E-state index in [4.69, 9.17) is 9.47 Å². The molecule has 0 fully saturated rings. The monoisotopic (exact) mass is 330 g/mol. The molecule has 24 heavy (non-hydrogen) atoms. The van der Waals surface area contributed by atoms with E-state index in [1.807, 2.05) is 31.2 Å². The Balaban J connectivity index is 2.28. The predicted molar refractivity (Wildman–Crippen MR) is 96.5 cm³/mol. The van der Waals surface area contributed by atoms with Gasteiger partial charge in [0.05, 0.1) is 12.3 Å². The third-order valence-corrected chi connectivity index (χ3v) is 3.66. The number of rotatable bonds is 8. The van der Waals surface area contributed by atoms with Crippen molar-refractivity contribution in [3.8, 4) is 5.75 Å². The molecule has 130 valence electrons. The second kappa shape index (κ2) is 8.11. The van der Waals surface area contributed by atoms with E-state index >= 15 is 0 Å². The van der Waals surface area contributed by atoms with Gasteiger partial charge in [-0.15, -0.1) is 0 Å². The Morgan fingerprint density at radius 1 is 1.17 bits per heavy atom. The van der Waals surface area contributed by atoms with E-state index in [9.17, 15) is 4.79 Å². The zero-order chi connectivity index (χ0) is 17.6. The average molecular weight is 330 g/mol. The van der Waals surface area contributed by atoms with Crippen molar-refractivity contribution >= 4 is 22.5 Å². The van der Waals surface area contributed by atoms with E-state index < -0.39 is 5.60 Å². The van der Waals surface area contributed by atoms with E-state index in [2.05, 4.69) is 17.2 Å². The van der Waals surface area contributed by atoms with Crippen molar-refractivity contribution in [3.05, 3.63) is 30.5 Å². The summed E-state index contributed by atoms with van der Waals surface area (Å²) in [5, 5.41) is 3.81. The van der Waals surface area contributed by atoms with Crippen LogP contribution >= 0.6 is 0 Å². The summed E-state index contributed by atoms with van der Waals surface area (Å²) in [7, 11) is 0. The number of anilines is 1. The van der Waals surface area contributed by atoms with Crippen LogP contribution in [0.3, 0.4) is 0 Å². The van der Waals surface area contributed by atoms with Gasteiger partial charge in [-0.2, -0.15) is 0 Å². The van der Waals surface area contributed by atoms with Gasteiger partial charge in [0.25, 0.3) is 5.91 Å². The van der Waals surface area contributed by atoms with E-state index in [0.717, 1.165) is 29.5 Å². The van der Waals surface area contributed by atoms with Gasteiger partial charge in [0, 0.05) is 18.2 Å². The summed E-state index contributed by atoms with van der Waals surface area (Å²) in [6.45, 7) is 8.81. The SMILES string of the molecule is CCCOc1ccc(NC(=O)C(C)(C)OCCC)c2cccnc12. The molecule has 0 aliphatic heterocycles. The van der Waals surface area contributed by atoms with Crippen LogP contribution in [0.1, 0.15) is 40.5 Å². The molecule has 2 rings (SSSR count). The number of carbonyl (C=O) groups is 1. The quantitative estimate of drug-likeness (QED) is 0.789. The van der Waals surface area contributed by atoms with Crippen molar-refractivity contribution < 1.29 is 14.3 Å². The standard InChI is InChI=1S/C19H26N2O3/c1-5-12-23-16-10-9-15(14-8-7-11-20-17(14)16)21-18(22)19(3,4)24-13-6-2/h7-11H,5-6,12-13H2,1-4H3,(H,21,22). The number of nitrogens with zero attached hydrogens (tertiary/aromatic N) is 1. The summed E-state index contributed by atoms with van der Waals surface area (Å²) in [5.74, 6) is 0.551. The van der Waals surface area contributed by atoms with Gasteiger partial charge in [-0.3, -0.25) is 9.78 Å². The number of nitrogens with one attached hydrogen (secondary N) is 1. The molecule has 0 aliphatic carbocycles. The molecule has 0 saturated heterocycles. The zero-order valence-corrected chi connectivity index (χ0v) is 14.9. The highest BCUT2D eigenvalue weighted by molar-refractivity contribution is 6.05. The van der Waals surface area contributed by atoms with Gasteiger partial charge in [0.15, 0.2) is 0 Å². The smallest absolute Gasteiger partial charge is 0.256 e. The Labute approximate surface area is 143 Å². The Morgan fingerprint density at radius 2 is 1.92 bits per heavy atom. The lowest BCUT2D eigenvalue weighted by molar-refractivity contribution is -0.137. The Hall–Kier alpha value is -2.14. The van der Waals surface area contributed by atoms with E-state index in [0.29, 0.717) is 18.9 Å². The summed E-state index contributed by atoms with van der Waals surface area (Å²) in [5.41, 5.74) is 0.568. The Morgan fingerprint density at radius 3 is 2.62 bits per heavy atom. The lowest BCUT2D eigenvalue weighted by atomic mass is 10.1. The molecule has 1 heterocycles. The Bertz CT molecular complexity index is 698. The maximum atomic E-state index is 12.6. The van der Waals surface area contributed by atoms with Gasteiger partial charge in [-0.05, 0) is 51.0 Å². The first-order valence-corrected chi connectivity index (χ1v) is 8.45. The zero-order valence-electron chi connectivity index (χ0n) is 14.9. The van der Waals surface area contributed by atoms with Crippen LogP contribution in [-0.2, 0) is 9.53 Å². The van der Waals surface area contributed by atoms with E-state index in [1.54, 1.807) is 20.0 Å². The van der Waals surface area contributed by atoms with Crippen molar-refractivity contribution in [1.82, 2.24) is 4.98 Å². The molecule has 0 radical (unpaired) electrons. The van der Waals surface area contributed by atoms with Crippen LogP contribution < -0.4 is 10.1 Å². The molecule has 1 aromatic carbocycles. The fraction of sp³-hybridized carbons (Fsp3) is 0.474. The molecule has 0 aliphatic rings. The normalized spacial score (nSPS) is 11.5. The number of hydrogen-bond donors (Lipinski definition) is 1. The minimum atomic E-state index is -0.887. The van der Waals surface area contributed by atoms with Crippen molar-refractivity contribution in [2.45, 2.75) is 46.1 Å². The highest BCUT2D eigenvalue weighted by atomic mass is 16.5. The largest absolute Gasteiger partial charge is 0.491 e. The molecule has 1 amide bonds. The number of aromatic nitrogens is 1. The molecule has 5 nitrogen and oxygen atoms in total. The van der Waals surface area contributed by atoms with Gasteiger partial charge < -0.3 is 14.8 Å². The minimum absolute atomic E-state index is 0.177. The lowest BCUT2D eigenvalue weighted by Gasteiger charge is -2.24. The molecular formula is C19H26N2O3. The maximum absolute atomic E-state index is 12.6. The van der Waals surface area contributed by atoms with Gasteiger partial charge in [-0.1, -0.05) is 13.8 Å². The molecule has 0 bridgehead atoms. The number of pyridine rings is 1. The number of fused-ring (bicyclic) bond motifs is 1. The molecule has 5 heteroatoms. The molecule has 1 N–H and O–H groups in total. The fourth-order valence-corrected chi connectivity index (χ4v) is 2.28. The molecule has 0 saturated carbocycles. The van der Waals surface area contributed by atoms with Crippen LogP contribution in [0, 0.1) is 0 Å². The average Bonchev–Trinajstić information content (AvgIpc) is 2.59. The van der Waals surface area contributed by atoms with Gasteiger partial charge in [0.2, 0.25) is 0 Å². The van der Waals surface area contributed by atoms with Crippen molar-refractivity contribution in [2.75, 3.05) is 18.5 Å². The second-order valence-electron chi connectivity index (χ2n) is 6.17. The number of hydrogen-bond acceptors (Lipinski definition) is 4. The summed E-state index contributed by atoms with van der Waals surface area (Å²) in [6, 6.07) is 7.47. The third-order valence-electron chi connectivity index (χ3n) is 3.66. The summed E-state index contributed by atoms with van der Waals surface area (Å²) in [4.78, 5) is 17.0. The molecule has 2 aromatic rings. The van der Waals surface area contributed by atoms with Crippen molar-refractivity contribution in [2.24, 2.45) is 0 Å². The molecule has 0 atom stereocenters. The van der Waals surface area contributed by atoms with Gasteiger partial charge in [0.1, 0.15) is 16.9 Å². The van der Waals surface area contributed by atoms with Crippen molar-refractivity contribution in [1.29, 1.82) is 0 Å².